The molecule has 0 heterocycles. The summed E-state index contributed by atoms with van der Waals surface area (Å²) in [7, 11) is 0.750. The Morgan fingerprint density at radius 2 is 1.27 bits per heavy atom. The molecule has 0 aromatic carbocycles. The molecule has 1 aliphatic carbocycles. The molecule has 0 N–H and O–H groups in total. The zero-order chi connectivity index (χ0) is 14.3. The number of nitrogens with zero attached hydrogens (tertiary/aromatic N) is 1. The summed E-state index contributed by atoms with van der Waals surface area (Å²) in [5.41, 5.74) is 1.28. The molecule has 0 aliphatic heterocycles. The zero-order valence-electron chi connectivity index (χ0n) is 17.4. The van der Waals surface area contributed by atoms with Crippen LogP contribution in [0.15, 0.2) is 23.9 Å². The van der Waals surface area contributed by atoms with Gasteiger partial charge in [-0.15, -0.1) is 5.54 Å². The Hall–Kier alpha value is 0.211. The maximum atomic E-state index is 4.51. The van der Waals surface area contributed by atoms with Crippen molar-refractivity contribution < 1.29 is 21.7 Å². The van der Waals surface area contributed by atoms with E-state index in [-0.39, 0.29) is 57.0 Å². The van der Waals surface area contributed by atoms with Gasteiger partial charge in [0.15, 0.2) is 0 Å². The van der Waals surface area contributed by atoms with Crippen LogP contribution < -0.4 is 0 Å². The Morgan fingerprint density at radius 3 is 1.45 bits per heavy atom. The van der Waals surface area contributed by atoms with Gasteiger partial charge >= 0.3 is 0 Å². The van der Waals surface area contributed by atoms with Crippen LogP contribution in [-0.2, 0) is 21.7 Å². The van der Waals surface area contributed by atoms with E-state index in [0.29, 0.717) is 0 Å². The third-order valence-corrected chi connectivity index (χ3v) is 1.23. The van der Waals surface area contributed by atoms with Gasteiger partial charge in [0.2, 0.25) is 0 Å². The van der Waals surface area contributed by atoms with E-state index in [4.69, 9.17) is 0 Å². The Labute approximate surface area is 163 Å². The Balaban J connectivity index is -0.0000000242. The van der Waals surface area contributed by atoms with Crippen LogP contribution in [0.25, 0.3) is 5.32 Å². The third kappa shape index (κ3) is 50.0. The smallest absolute Gasteiger partial charge is 0.0213 e. The van der Waals surface area contributed by atoms with Crippen molar-refractivity contribution in [3.8, 4) is 0 Å². The van der Waals surface area contributed by atoms with Crippen molar-refractivity contribution >= 4 is 9.52 Å². The molecule has 0 bridgehead atoms. The average molecular weight is 362 g/mol. The summed E-state index contributed by atoms with van der Waals surface area (Å²) in [6.45, 7) is 20.8. The summed E-state index contributed by atoms with van der Waals surface area (Å²) in [5.74, 6) is 0. The standard InChI is InChI=1S/C9H14N.C2H7Si.2C2H5.4CH3.Ti/c1-9(2,3)10-8-6-4-5-7-8;1-3-2;2*1-2;;;;;/h4-6H,7H2,1-3H3;3H,1-2H3;2*1H2,2H3;4*1H3;/q-1;;6*-1;. The minimum atomic E-state index is 0. The van der Waals surface area contributed by atoms with Gasteiger partial charge in [0, 0.05) is 31.2 Å². The van der Waals surface area contributed by atoms with E-state index >= 15 is 0 Å². The summed E-state index contributed by atoms with van der Waals surface area (Å²) >= 11 is 0. The first-order chi connectivity index (χ1) is 7.99. The fourth-order valence-corrected chi connectivity index (χ4v) is 0.950. The van der Waals surface area contributed by atoms with Crippen LogP contribution in [0.2, 0.25) is 13.1 Å². The second kappa shape index (κ2) is 37.4. The normalized spacial score (nSPS) is 9.23. The Morgan fingerprint density at radius 1 is 0.955 bits per heavy atom. The van der Waals surface area contributed by atoms with Crippen molar-refractivity contribution in [2.24, 2.45) is 0 Å². The van der Waals surface area contributed by atoms with Crippen molar-refractivity contribution in [1.29, 1.82) is 0 Å². The Kier molecular flexibility index (Phi) is 84.2. The molecule has 0 atom stereocenters. The van der Waals surface area contributed by atoms with Gasteiger partial charge in [-0.2, -0.15) is 19.5 Å². The molecule has 0 unspecified atom stereocenters. The molecule has 0 saturated carbocycles. The molecule has 3 heteroatoms. The molecular weight excluding hydrogens is 318 g/mol. The zero-order valence-corrected chi connectivity index (χ0v) is 20.1. The van der Waals surface area contributed by atoms with Gasteiger partial charge < -0.3 is 48.9 Å². The maximum Gasteiger partial charge on any atom is 0.0213 e. The molecular formula is C19H43NSiTi-7. The average Bonchev–Trinajstić information content (AvgIpc) is 2.75. The largest absolute Gasteiger partial charge is 0.683 e. The summed E-state index contributed by atoms with van der Waals surface area (Å²) in [4.78, 5) is 0. The van der Waals surface area contributed by atoms with Crippen LogP contribution in [0.4, 0.5) is 0 Å². The van der Waals surface area contributed by atoms with Crippen LogP contribution in [-0.4, -0.2) is 15.1 Å². The molecule has 1 aliphatic rings. The van der Waals surface area contributed by atoms with E-state index in [0.717, 1.165) is 15.9 Å². The van der Waals surface area contributed by atoms with Gasteiger partial charge in [0.05, 0.1) is 0 Å². The number of rotatable bonds is 1. The van der Waals surface area contributed by atoms with Crippen molar-refractivity contribution in [3.63, 3.8) is 0 Å². The fraction of sp³-hybridized carbons (Fsp3) is 0.474. The van der Waals surface area contributed by atoms with Gasteiger partial charge in [0.1, 0.15) is 0 Å². The molecule has 1 rings (SSSR count). The van der Waals surface area contributed by atoms with Crippen molar-refractivity contribution in [2.75, 3.05) is 0 Å². The minimum Gasteiger partial charge on any atom is -0.683 e. The molecule has 0 aromatic rings. The van der Waals surface area contributed by atoms with Crippen molar-refractivity contribution in [3.05, 3.63) is 72.8 Å². The predicted octanol–water partition coefficient (Wildman–Crippen LogP) is 7.00. The van der Waals surface area contributed by atoms with Crippen LogP contribution in [0.3, 0.4) is 0 Å². The van der Waals surface area contributed by atoms with E-state index in [9.17, 15) is 0 Å². The number of allylic oxidation sites excluding steroid dienone is 3. The topological polar surface area (TPSA) is 14.1 Å². The summed E-state index contributed by atoms with van der Waals surface area (Å²) in [6, 6.07) is 0. The van der Waals surface area contributed by atoms with E-state index in [1.54, 1.807) is 13.8 Å². The summed E-state index contributed by atoms with van der Waals surface area (Å²) in [6.07, 6.45) is 7.28. The van der Waals surface area contributed by atoms with E-state index in [1.165, 1.54) is 5.70 Å². The molecule has 0 aromatic heterocycles. The first-order valence-corrected chi connectivity index (χ1v) is 8.54. The van der Waals surface area contributed by atoms with Crippen molar-refractivity contribution in [2.45, 2.75) is 59.7 Å². The minimum absolute atomic E-state index is 0. The second-order valence-corrected chi connectivity index (χ2v) is 5.30. The summed E-state index contributed by atoms with van der Waals surface area (Å²) in [5, 5.41) is 4.51. The van der Waals surface area contributed by atoms with Crippen LogP contribution in [0, 0.1) is 43.6 Å². The van der Waals surface area contributed by atoms with Gasteiger partial charge in [-0.05, 0) is 6.42 Å². The van der Waals surface area contributed by atoms with Crippen molar-refractivity contribution in [1.82, 2.24) is 0 Å². The first kappa shape index (κ1) is 49.5. The van der Waals surface area contributed by atoms with E-state index in [2.05, 4.69) is 71.3 Å². The fourth-order valence-electron chi connectivity index (χ4n) is 0.950. The molecule has 0 amide bonds. The summed E-state index contributed by atoms with van der Waals surface area (Å²) < 4.78 is 0. The second-order valence-electron chi connectivity index (χ2n) is 4.15. The SMILES string of the molecule is CC(C)(C)[N-]C1=CC=CC1.C[SiH]C.[CH2-]C.[CH2-]C.[CH3-].[CH3-].[CH3-].[CH3-].[Ti]. The van der Waals surface area contributed by atoms with Crippen LogP contribution in [0.5, 0.6) is 0 Å². The molecule has 139 valence electrons. The monoisotopic (exact) mass is 361 g/mol. The Bertz CT molecular complexity index is 194. The molecule has 22 heavy (non-hydrogen) atoms. The quantitative estimate of drug-likeness (QED) is 0.352. The first-order valence-electron chi connectivity index (χ1n) is 6.23. The number of hydrogen-bond acceptors (Lipinski definition) is 0. The molecule has 1 nitrogen and oxygen atoms in total. The predicted molar refractivity (Wildman–Crippen MR) is 112 cm³/mol. The van der Waals surface area contributed by atoms with Gasteiger partial charge in [0.25, 0.3) is 0 Å². The van der Waals surface area contributed by atoms with Crippen LogP contribution >= 0.6 is 0 Å². The third-order valence-electron chi connectivity index (χ3n) is 1.23. The van der Waals surface area contributed by atoms with Gasteiger partial charge in [-0.25, -0.2) is 0 Å². The maximum absolute atomic E-state index is 4.51. The number of hydrogen-bond donors (Lipinski definition) is 0. The molecule has 0 fully saturated rings. The van der Waals surface area contributed by atoms with E-state index in [1.807, 2.05) is 0 Å². The van der Waals surface area contributed by atoms with Gasteiger partial charge in [-0.1, -0.05) is 52.1 Å². The van der Waals surface area contributed by atoms with Crippen LogP contribution in [0.1, 0.15) is 41.0 Å². The molecule has 0 saturated heterocycles. The van der Waals surface area contributed by atoms with Gasteiger partial charge in [-0.3, -0.25) is 0 Å². The molecule has 0 spiro atoms. The molecule has 1 radical (unpaired) electrons. The van der Waals surface area contributed by atoms with E-state index < -0.39 is 0 Å².